The van der Waals surface area contributed by atoms with Crippen LogP contribution in [0.1, 0.15) is 21.5 Å². The highest BCUT2D eigenvalue weighted by Gasteiger charge is 2.33. The minimum atomic E-state index is -1.28. The predicted molar refractivity (Wildman–Crippen MR) is 89.3 cm³/mol. The van der Waals surface area contributed by atoms with Gasteiger partial charge in [-0.2, -0.15) is 0 Å². The summed E-state index contributed by atoms with van der Waals surface area (Å²) in [6.45, 7) is 0.128. The van der Waals surface area contributed by atoms with Crippen LogP contribution in [0.3, 0.4) is 0 Å². The van der Waals surface area contributed by atoms with Crippen LogP contribution in [0.2, 0.25) is 5.02 Å². The number of carbonyl (C=O) groups is 3. The first-order valence-corrected chi connectivity index (χ1v) is 7.72. The van der Waals surface area contributed by atoms with E-state index in [1.165, 1.54) is 30.3 Å². The molecule has 6 nitrogen and oxygen atoms in total. The number of amides is 3. The summed E-state index contributed by atoms with van der Waals surface area (Å²) in [7, 11) is 0. The Labute approximate surface area is 148 Å². The number of urea groups is 1. The fourth-order valence-corrected chi connectivity index (χ4v) is 2.50. The maximum atomic E-state index is 12.4. The van der Waals surface area contributed by atoms with Gasteiger partial charge in [0, 0.05) is 5.02 Å². The fourth-order valence-electron chi connectivity index (χ4n) is 2.37. The molecule has 1 fully saturated rings. The molecule has 2 aromatic rings. The Kier molecular flexibility index (Phi) is 4.54. The molecule has 0 aliphatic carbocycles. The van der Waals surface area contributed by atoms with Crippen LogP contribution in [-0.4, -0.2) is 22.8 Å². The fraction of sp³-hybridized carbons (Fsp3) is 0.0556. The van der Waals surface area contributed by atoms with Crippen molar-refractivity contribution in [2.75, 3.05) is 0 Å². The van der Waals surface area contributed by atoms with E-state index in [0.717, 1.165) is 10.5 Å². The van der Waals surface area contributed by atoms with Crippen LogP contribution in [0, 0.1) is 0 Å². The molecule has 0 atom stereocenters. The van der Waals surface area contributed by atoms with Crippen LogP contribution in [0.5, 0.6) is 0 Å². The summed E-state index contributed by atoms with van der Waals surface area (Å²) in [6, 6.07) is 12.1. The minimum absolute atomic E-state index is 0.0355. The van der Waals surface area contributed by atoms with Crippen molar-refractivity contribution in [2.45, 2.75) is 6.54 Å². The zero-order chi connectivity index (χ0) is 18.0. The van der Waals surface area contributed by atoms with E-state index in [1.807, 2.05) is 0 Å². The molecule has 0 radical (unpaired) electrons. The Bertz CT molecular complexity index is 873. The van der Waals surface area contributed by atoms with Gasteiger partial charge in [-0.3, -0.25) is 9.69 Å². The number of hydrogen-bond donors (Lipinski definition) is 1. The van der Waals surface area contributed by atoms with Gasteiger partial charge in [0.15, 0.2) is 0 Å². The Hall–Kier alpha value is -3.12. The number of halogens is 1. The van der Waals surface area contributed by atoms with Crippen molar-refractivity contribution in [1.82, 2.24) is 10.2 Å². The maximum Gasteiger partial charge on any atom is 0.329 e. The van der Waals surface area contributed by atoms with Crippen LogP contribution >= 0.6 is 11.6 Å². The molecular formula is C18H12ClN2O4-. The van der Waals surface area contributed by atoms with Crippen molar-refractivity contribution >= 4 is 35.6 Å². The Morgan fingerprint density at radius 2 is 1.72 bits per heavy atom. The second-order valence-corrected chi connectivity index (χ2v) is 5.85. The third kappa shape index (κ3) is 3.70. The number of imide groups is 1. The standard InChI is InChI=1S/C18H13ClN2O4/c19-14-7-3-12(4-8-14)10-21-16(22)15(20-18(21)25)9-11-1-5-13(6-2-11)17(23)24/h1-9H,10H2,(H,20,25)(H,23,24)/p-1/b15-9-. The Balaban J connectivity index is 1.78. The van der Waals surface area contributed by atoms with Crippen molar-refractivity contribution in [3.63, 3.8) is 0 Å². The van der Waals surface area contributed by atoms with Gasteiger partial charge in [-0.15, -0.1) is 0 Å². The quantitative estimate of drug-likeness (QED) is 0.669. The first kappa shape index (κ1) is 16.7. The first-order valence-electron chi connectivity index (χ1n) is 7.34. The van der Waals surface area contributed by atoms with Gasteiger partial charge in [-0.25, -0.2) is 4.79 Å². The van der Waals surface area contributed by atoms with Gasteiger partial charge >= 0.3 is 6.03 Å². The number of carbonyl (C=O) groups excluding carboxylic acids is 3. The molecule has 0 unspecified atom stereocenters. The average molecular weight is 356 g/mol. The highest BCUT2D eigenvalue weighted by molar-refractivity contribution is 6.30. The summed E-state index contributed by atoms with van der Waals surface area (Å²) >= 11 is 5.82. The number of aromatic carboxylic acids is 1. The number of benzene rings is 2. The van der Waals surface area contributed by atoms with E-state index >= 15 is 0 Å². The highest BCUT2D eigenvalue weighted by atomic mass is 35.5. The molecule has 126 valence electrons. The van der Waals surface area contributed by atoms with Crippen molar-refractivity contribution in [1.29, 1.82) is 0 Å². The number of hydrogen-bond acceptors (Lipinski definition) is 4. The van der Waals surface area contributed by atoms with Gasteiger partial charge in [0.25, 0.3) is 5.91 Å². The van der Waals surface area contributed by atoms with Gasteiger partial charge in [0.05, 0.1) is 12.5 Å². The molecule has 2 aromatic carbocycles. The van der Waals surface area contributed by atoms with Crippen molar-refractivity contribution in [2.24, 2.45) is 0 Å². The summed E-state index contributed by atoms with van der Waals surface area (Å²) in [4.78, 5) is 36.3. The Morgan fingerprint density at radius 3 is 2.32 bits per heavy atom. The summed E-state index contributed by atoms with van der Waals surface area (Å²) in [5, 5.41) is 13.8. The van der Waals surface area contributed by atoms with Crippen LogP contribution in [-0.2, 0) is 11.3 Å². The molecule has 0 spiro atoms. The van der Waals surface area contributed by atoms with Gasteiger partial charge in [-0.1, -0.05) is 48.0 Å². The summed E-state index contributed by atoms with van der Waals surface area (Å²) in [5.74, 6) is -1.73. The van der Waals surface area contributed by atoms with Crippen molar-refractivity contribution in [3.05, 3.63) is 75.9 Å². The van der Waals surface area contributed by atoms with E-state index in [4.69, 9.17) is 11.6 Å². The van der Waals surface area contributed by atoms with E-state index in [0.29, 0.717) is 10.6 Å². The lowest BCUT2D eigenvalue weighted by atomic mass is 10.1. The summed E-state index contributed by atoms with van der Waals surface area (Å²) in [6.07, 6.45) is 1.49. The van der Waals surface area contributed by atoms with Crippen LogP contribution in [0.25, 0.3) is 6.08 Å². The van der Waals surface area contributed by atoms with E-state index < -0.39 is 17.9 Å². The molecule has 1 N–H and O–H groups in total. The van der Waals surface area contributed by atoms with Gasteiger partial charge in [-0.05, 0) is 34.9 Å². The molecule has 0 aromatic heterocycles. The summed E-state index contributed by atoms with van der Waals surface area (Å²) < 4.78 is 0. The van der Waals surface area contributed by atoms with Crippen LogP contribution < -0.4 is 10.4 Å². The van der Waals surface area contributed by atoms with Crippen molar-refractivity contribution < 1.29 is 19.5 Å². The number of carboxylic acids is 1. The van der Waals surface area contributed by atoms with E-state index in [1.54, 1.807) is 24.3 Å². The smallest absolute Gasteiger partial charge is 0.329 e. The average Bonchev–Trinajstić information content (AvgIpc) is 2.85. The molecule has 1 heterocycles. The summed E-state index contributed by atoms with van der Waals surface area (Å²) in [5.41, 5.74) is 1.52. The lowest BCUT2D eigenvalue weighted by molar-refractivity contribution is -0.255. The molecular weight excluding hydrogens is 344 g/mol. The lowest BCUT2D eigenvalue weighted by Crippen LogP contribution is -2.30. The molecule has 1 aliphatic heterocycles. The van der Waals surface area contributed by atoms with E-state index in [9.17, 15) is 19.5 Å². The topological polar surface area (TPSA) is 89.5 Å². The molecule has 25 heavy (non-hydrogen) atoms. The number of rotatable bonds is 4. The second kappa shape index (κ2) is 6.78. The number of carboxylic acid groups (broad SMARTS) is 1. The van der Waals surface area contributed by atoms with Gasteiger partial charge < -0.3 is 15.2 Å². The maximum absolute atomic E-state index is 12.4. The predicted octanol–water partition coefficient (Wildman–Crippen LogP) is 1.80. The van der Waals surface area contributed by atoms with Crippen molar-refractivity contribution in [3.8, 4) is 0 Å². The largest absolute Gasteiger partial charge is 0.545 e. The molecule has 3 rings (SSSR count). The molecule has 1 saturated heterocycles. The zero-order valence-corrected chi connectivity index (χ0v) is 13.6. The molecule has 0 bridgehead atoms. The van der Waals surface area contributed by atoms with E-state index in [2.05, 4.69) is 5.32 Å². The minimum Gasteiger partial charge on any atom is -0.545 e. The number of nitrogens with one attached hydrogen (secondary N) is 1. The van der Waals surface area contributed by atoms with E-state index in [-0.39, 0.29) is 17.8 Å². The first-order chi connectivity index (χ1) is 11.9. The highest BCUT2D eigenvalue weighted by Crippen LogP contribution is 2.18. The molecule has 3 amide bonds. The van der Waals surface area contributed by atoms with Crippen LogP contribution in [0.15, 0.2) is 54.2 Å². The molecule has 1 aliphatic rings. The second-order valence-electron chi connectivity index (χ2n) is 5.42. The monoisotopic (exact) mass is 355 g/mol. The van der Waals surface area contributed by atoms with Gasteiger partial charge in [0.2, 0.25) is 0 Å². The lowest BCUT2D eigenvalue weighted by Gasteiger charge is -2.11. The molecule has 0 saturated carbocycles. The van der Waals surface area contributed by atoms with Gasteiger partial charge in [0.1, 0.15) is 5.70 Å². The zero-order valence-electron chi connectivity index (χ0n) is 12.9. The SMILES string of the molecule is O=C([O-])c1ccc(/C=C2\NC(=O)N(Cc3ccc(Cl)cc3)C2=O)cc1. The third-order valence-corrected chi connectivity index (χ3v) is 3.93. The third-order valence-electron chi connectivity index (χ3n) is 3.67. The normalized spacial score (nSPS) is 15.6. The molecule has 7 heteroatoms. The van der Waals surface area contributed by atoms with Crippen LogP contribution in [0.4, 0.5) is 4.79 Å². The number of nitrogens with zero attached hydrogens (tertiary/aromatic N) is 1. The Morgan fingerprint density at radius 1 is 1.08 bits per heavy atom.